The highest BCUT2D eigenvalue weighted by Crippen LogP contribution is 2.23. The molecule has 0 aliphatic heterocycles. The van der Waals surface area contributed by atoms with Crippen LogP contribution in [0.4, 0.5) is 0 Å². The molecule has 0 bridgehead atoms. The van der Waals surface area contributed by atoms with Crippen molar-refractivity contribution in [3.8, 4) is 5.75 Å². The van der Waals surface area contributed by atoms with Gasteiger partial charge in [0.1, 0.15) is 11.9 Å². The zero-order chi connectivity index (χ0) is 12.0. The van der Waals surface area contributed by atoms with Gasteiger partial charge in [-0.15, -0.1) is 0 Å². The van der Waals surface area contributed by atoms with Gasteiger partial charge in [-0.1, -0.05) is 19.1 Å². The number of phenols is 1. The molecule has 1 aromatic carbocycles. The Bertz CT molecular complexity index is 347. The van der Waals surface area contributed by atoms with Gasteiger partial charge in [0.15, 0.2) is 5.78 Å². The molecule has 0 aliphatic carbocycles. The molecule has 0 spiro atoms. The summed E-state index contributed by atoms with van der Waals surface area (Å²) < 4.78 is 5.44. The van der Waals surface area contributed by atoms with E-state index in [0.29, 0.717) is 13.0 Å². The van der Waals surface area contributed by atoms with E-state index in [-0.39, 0.29) is 11.5 Å². The summed E-state index contributed by atoms with van der Waals surface area (Å²) in [6.45, 7) is 4.30. The first-order valence-corrected chi connectivity index (χ1v) is 5.62. The molecule has 0 fully saturated rings. The minimum Gasteiger partial charge on any atom is -0.508 e. The predicted molar refractivity (Wildman–Crippen MR) is 62.4 cm³/mol. The van der Waals surface area contributed by atoms with E-state index in [0.717, 1.165) is 12.0 Å². The number of rotatable bonds is 6. The Balaban J connectivity index is 2.88. The summed E-state index contributed by atoms with van der Waals surface area (Å²) in [7, 11) is 0. The second-order valence-corrected chi connectivity index (χ2v) is 3.65. The van der Waals surface area contributed by atoms with Crippen molar-refractivity contribution in [1.29, 1.82) is 0 Å². The average Bonchev–Trinajstić information content (AvgIpc) is 2.26. The van der Waals surface area contributed by atoms with Crippen molar-refractivity contribution in [1.82, 2.24) is 0 Å². The number of ether oxygens (including phenoxy) is 1. The lowest BCUT2D eigenvalue weighted by Gasteiger charge is -2.16. The third kappa shape index (κ3) is 3.35. The Morgan fingerprint density at radius 2 is 2.19 bits per heavy atom. The van der Waals surface area contributed by atoms with Gasteiger partial charge >= 0.3 is 0 Å². The summed E-state index contributed by atoms with van der Waals surface area (Å²) in [6, 6.07) is 6.67. The lowest BCUT2D eigenvalue weighted by molar-refractivity contribution is -0.130. The zero-order valence-corrected chi connectivity index (χ0v) is 9.77. The number of hydrogen-bond donors (Lipinski definition) is 1. The summed E-state index contributed by atoms with van der Waals surface area (Å²) in [5, 5.41) is 9.37. The van der Waals surface area contributed by atoms with Gasteiger partial charge in [0.05, 0.1) is 0 Å². The van der Waals surface area contributed by atoms with Crippen molar-refractivity contribution in [3.63, 3.8) is 0 Å². The van der Waals surface area contributed by atoms with Gasteiger partial charge in [0.25, 0.3) is 0 Å². The van der Waals surface area contributed by atoms with Gasteiger partial charge < -0.3 is 9.84 Å². The fraction of sp³-hybridized carbons (Fsp3) is 0.462. The highest BCUT2D eigenvalue weighted by Gasteiger charge is 2.19. The Kier molecular flexibility index (Phi) is 4.99. The van der Waals surface area contributed by atoms with Gasteiger partial charge in [-0.2, -0.15) is 0 Å². The standard InChI is InChI=1S/C13H18O3/c1-3-6-12(15)13(16-4-2)10-7-5-8-11(14)9-10/h5,7-9,13-14H,3-4,6H2,1-2H3. The van der Waals surface area contributed by atoms with E-state index in [9.17, 15) is 9.90 Å². The second kappa shape index (κ2) is 6.28. The maximum Gasteiger partial charge on any atom is 0.166 e. The van der Waals surface area contributed by atoms with Crippen LogP contribution >= 0.6 is 0 Å². The fourth-order valence-electron chi connectivity index (χ4n) is 1.61. The van der Waals surface area contributed by atoms with Crippen LogP contribution in [0.5, 0.6) is 5.75 Å². The third-order valence-electron chi connectivity index (χ3n) is 2.30. The highest BCUT2D eigenvalue weighted by atomic mass is 16.5. The van der Waals surface area contributed by atoms with Gasteiger partial charge in [-0.05, 0) is 31.0 Å². The molecule has 0 aromatic heterocycles. The molecule has 1 unspecified atom stereocenters. The normalized spacial score (nSPS) is 12.4. The fourth-order valence-corrected chi connectivity index (χ4v) is 1.61. The summed E-state index contributed by atoms with van der Waals surface area (Å²) in [6.07, 6.45) is 0.763. The van der Waals surface area contributed by atoms with Crippen LogP contribution < -0.4 is 0 Å². The van der Waals surface area contributed by atoms with E-state index in [1.165, 1.54) is 0 Å². The summed E-state index contributed by atoms with van der Waals surface area (Å²) >= 11 is 0. The van der Waals surface area contributed by atoms with E-state index >= 15 is 0 Å². The first kappa shape index (κ1) is 12.7. The second-order valence-electron chi connectivity index (χ2n) is 3.65. The number of ketones is 1. The van der Waals surface area contributed by atoms with Crippen molar-refractivity contribution in [2.45, 2.75) is 32.8 Å². The molecule has 3 nitrogen and oxygen atoms in total. The molecule has 0 aliphatic rings. The van der Waals surface area contributed by atoms with Crippen LogP contribution in [-0.2, 0) is 9.53 Å². The van der Waals surface area contributed by atoms with Crippen LogP contribution in [0, 0.1) is 0 Å². The summed E-state index contributed by atoms with van der Waals surface area (Å²) in [5.74, 6) is 0.224. The SMILES string of the molecule is CCCC(=O)C(OCC)c1cccc(O)c1. The van der Waals surface area contributed by atoms with E-state index in [1.807, 2.05) is 13.8 Å². The van der Waals surface area contributed by atoms with Crippen molar-refractivity contribution in [2.24, 2.45) is 0 Å². The molecular weight excluding hydrogens is 204 g/mol. The molecule has 1 atom stereocenters. The molecule has 3 heteroatoms. The van der Waals surface area contributed by atoms with Crippen LogP contribution in [0.3, 0.4) is 0 Å². The molecule has 0 saturated heterocycles. The lowest BCUT2D eigenvalue weighted by atomic mass is 10.0. The smallest absolute Gasteiger partial charge is 0.166 e. The minimum atomic E-state index is -0.544. The van der Waals surface area contributed by atoms with E-state index in [1.54, 1.807) is 24.3 Å². The summed E-state index contributed by atoms with van der Waals surface area (Å²) in [4.78, 5) is 11.8. The van der Waals surface area contributed by atoms with Crippen LogP contribution in [0.15, 0.2) is 24.3 Å². The maximum absolute atomic E-state index is 11.8. The molecule has 0 saturated carbocycles. The van der Waals surface area contributed by atoms with Crippen LogP contribution in [-0.4, -0.2) is 17.5 Å². The van der Waals surface area contributed by atoms with Crippen molar-refractivity contribution >= 4 is 5.78 Å². The Morgan fingerprint density at radius 1 is 1.44 bits per heavy atom. The number of hydrogen-bond acceptors (Lipinski definition) is 3. The Hall–Kier alpha value is -1.35. The van der Waals surface area contributed by atoms with Crippen LogP contribution in [0.2, 0.25) is 0 Å². The molecule has 1 aromatic rings. The third-order valence-corrected chi connectivity index (χ3v) is 2.30. The number of benzene rings is 1. The van der Waals surface area contributed by atoms with E-state index in [2.05, 4.69) is 0 Å². The number of phenolic OH excluding ortho intramolecular Hbond substituents is 1. The predicted octanol–water partition coefficient (Wildman–Crippen LogP) is 2.84. The minimum absolute atomic E-state index is 0.0648. The largest absolute Gasteiger partial charge is 0.508 e. The molecule has 1 N–H and O–H groups in total. The first-order chi connectivity index (χ1) is 7.69. The van der Waals surface area contributed by atoms with Gasteiger partial charge in [-0.25, -0.2) is 0 Å². The quantitative estimate of drug-likeness (QED) is 0.805. The van der Waals surface area contributed by atoms with Crippen LogP contribution in [0.25, 0.3) is 0 Å². The highest BCUT2D eigenvalue weighted by molar-refractivity contribution is 5.84. The Morgan fingerprint density at radius 3 is 2.75 bits per heavy atom. The number of aromatic hydroxyl groups is 1. The molecule has 0 amide bonds. The number of carbonyl (C=O) groups excluding carboxylic acids is 1. The van der Waals surface area contributed by atoms with Gasteiger partial charge in [0, 0.05) is 13.0 Å². The number of Topliss-reactive ketones (excluding diaryl/α,β-unsaturated/α-hetero) is 1. The van der Waals surface area contributed by atoms with Crippen molar-refractivity contribution in [2.75, 3.05) is 6.61 Å². The number of carbonyl (C=O) groups is 1. The first-order valence-electron chi connectivity index (χ1n) is 5.62. The molecule has 0 heterocycles. The molecule has 1 rings (SSSR count). The van der Waals surface area contributed by atoms with E-state index in [4.69, 9.17) is 4.74 Å². The Labute approximate surface area is 96.1 Å². The molecule has 88 valence electrons. The summed E-state index contributed by atoms with van der Waals surface area (Å²) in [5.41, 5.74) is 0.723. The van der Waals surface area contributed by atoms with Gasteiger partial charge in [-0.3, -0.25) is 4.79 Å². The monoisotopic (exact) mass is 222 g/mol. The maximum atomic E-state index is 11.8. The topological polar surface area (TPSA) is 46.5 Å². The van der Waals surface area contributed by atoms with Gasteiger partial charge in [0.2, 0.25) is 0 Å². The zero-order valence-electron chi connectivity index (χ0n) is 9.77. The van der Waals surface area contributed by atoms with Crippen LogP contribution in [0.1, 0.15) is 38.4 Å². The van der Waals surface area contributed by atoms with Crippen molar-refractivity contribution < 1.29 is 14.6 Å². The molecular formula is C13H18O3. The average molecular weight is 222 g/mol. The van der Waals surface area contributed by atoms with Crippen molar-refractivity contribution in [3.05, 3.63) is 29.8 Å². The van der Waals surface area contributed by atoms with E-state index < -0.39 is 6.10 Å². The lowest BCUT2D eigenvalue weighted by Crippen LogP contribution is -2.15. The molecule has 16 heavy (non-hydrogen) atoms. The molecule has 0 radical (unpaired) electrons.